The Labute approximate surface area is 87.7 Å². The minimum Gasteiger partial charge on any atom is -1.00 e. The van der Waals surface area contributed by atoms with Crippen molar-refractivity contribution in [2.45, 2.75) is 6.42 Å². The summed E-state index contributed by atoms with van der Waals surface area (Å²) < 4.78 is 13.2. The van der Waals surface area contributed by atoms with E-state index in [1.54, 1.807) is 6.07 Å². The molecule has 0 fully saturated rings. The lowest BCUT2D eigenvalue weighted by Gasteiger charge is -1.95. The fourth-order valence-electron chi connectivity index (χ4n) is 1.54. The second-order valence-electron chi connectivity index (χ2n) is 3.01. The predicted octanol–water partition coefficient (Wildman–Crippen LogP) is -1.19. The summed E-state index contributed by atoms with van der Waals surface area (Å²) in [5, 5.41) is 0.936. The van der Waals surface area contributed by atoms with Gasteiger partial charge in [0, 0.05) is 11.6 Å². The number of aromatic amines is 1. The van der Waals surface area contributed by atoms with Crippen molar-refractivity contribution in [1.29, 1.82) is 0 Å². The molecule has 4 heteroatoms. The molecular weight excluding hydrogens is 203 g/mol. The van der Waals surface area contributed by atoms with Gasteiger partial charge in [-0.2, -0.15) is 0 Å². The van der Waals surface area contributed by atoms with E-state index >= 15 is 0 Å². The quantitative estimate of drug-likeness (QED) is 0.648. The van der Waals surface area contributed by atoms with Crippen LogP contribution in [0.25, 0.3) is 10.9 Å². The third kappa shape index (κ3) is 1.74. The molecule has 0 aliphatic rings. The zero-order chi connectivity index (χ0) is 9.26. The Kier molecular flexibility index (Phi) is 3.49. The fraction of sp³-hybridized carbons (Fsp3) is 0.200. The molecule has 0 bridgehead atoms. The van der Waals surface area contributed by atoms with Crippen molar-refractivity contribution >= 4 is 10.9 Å². The molecule has 2 aromatic rings. The first kappa shape index (κ1) is 11.0. The molecule has 0 atom stereocenters. The summed E-state index contributed by atoms with van der Waals surface area (Å²) in [4.78, 5) is 2.91. The van der Waals surface area contributed by atoms with Gasteiger partial charge in [0.2, 0.25) is 0 Å². The molecule has 0 aliphatic carbocycles. The van der Waals surface area contributed by atoms with Crippen molar-refractivity contribution in [3.8, 4) is 0 Å². The van der Waals surface area contributed by atoms with Gasteiger partial charge in [-0.15, -0.1) is 0 Å². The average molecular weight is 214 g/mol. The Balaban J connectivity index is 0.000000980. The van der Waals surface area contributed by atoms with Gasteiger partial charge >= 0.3 is 0 Å². The Bertz CT molecular complexity index is 425. The number of H-pyrrole nitrogens is 1. The van der Waals surface area contributed by atoms with Crippen molar-refractivity contribution in [1.82, 2.24) is 4.98 Å². The smallest absolute Gasteiger partial charge is 0.147 e. The van der Waals surface area contributed by atoms with Crippen LogP contribution in [-0.2, 0) is 6.42 Å². The van der Waals surface area contributed by atoms with Crippen molar-refractivity contribution in [2.24, 2.45) is 5.73 Å². The lowest BCUT2D eigenvalue weighted by molar-refractivity contribution is -0.00000331. The van der Waals surface area contributed by atoms with E-state index < -0.39 is 0 Å². The van der Waals surface area contributed by atoms with Crippen molar-refractivity contribution in [3.05, 3.63) is 35.8 Å². The maximum absolute atomic E-state index is 13.2. The first-order valence-corrected chi connectivity index (χ1v) is 4.27. The predicted molar refractivity (Wildman–Crippen MR) is 51.0 cm³/mol. The zero-order valence-electron chi connectivity index (χ0n) is 7.56. The van der Waals surface area contributed by atoms with Crippen LogP contribution in [0.15, 0.2) is 24.4 Å². The number of aromatic nitrogens is 1. The van der Waals surface area contributed by atoms with Gasteiger partial charge in [0.15, 0.2) is 0 Å². The SMILES string of the molecule is NCCc1c[nH]c2c(F)cccc12.[Cl-]. The summed E-state index contributed by atoms with van der Waals surface area (Å²) in [7, 11) is 0. The summed E-state index contributed by atoms with van der Waals surface area (Å²) in [6.07, 6.45) is 2.60. The molecule has 76 valence electrons. The number of nitrogens with one attached hydrogen (secondary N) is 1. The van der Waals surface area contributed by atoms with Gasteiger partial charge in [-0.3, -0.25) is 0 Å². The van der Waals surface area contributed by atoms with Crippen molar-refractivity contribution in [3.63, 3.8) is 0 Å². The zero-order valence-corrected chi connectivity index (χ0v) is 8.31. The molecule has 1 heterocycles. The van der Waals surface area contributed by atoms with E-state index in [0.29, 0.717) is 12.1 Å². The topological polar surface area (TPSA) is 41.8 Å². The first-order chi connectivity index (χ1) is 6.33. The van der Waals surface area contributed by atoms with Gasteiger partial charge in [-0.05, 0) is 24.6 Å². The maximum Gasteiger partial charge on any atom is 0.147 e. The van der Waals surface area contributed by atoms with E-state index in [9.17, 15) is 4.39 Å². The Morgan fingerprint density at radius 3 is 2.86 bits per heavy atom. The highest BCUT2D eigenvalue weighted by Gasteiger charge is 2.05. The van der Waals surface area contributed by atoms with E-state index in [2.05, 4.69) is 4.98 Å². The molecule has 0 radical (unpaired) electrons. The molecule has 2 nitrogen and oxygen atoms in total. The second kappa shape index (κ2) is 4.44. The summed E-state index contributed by atoms with van der Waals surface area (Å²) in [5.41, 5.74) is 7.10. The number of hydrogen-bond donors (Lipinski definition) is 2. The molecule has 0 saturated carbocycles. The van der Waals surface area contributed by atoms with Crippen LogP contribution in [0.1, 0.15) is 5.56 Å². The fourth-order valence-corrected chi connectivity index (χ4v) is 1.54. The van der Waals surface area contributed by atoms with E-state index in [4.69, 9.17) is 5.73 Å². The standard InChI is InChI=1S/C10H11FN2.ClH/c11-9-3-1-2-8-7(4-5-12)6-13-10(8)9;/h1-3,6,13H,4-5,12H2;1H/p-1. The van der Waals surface area contributed by atoms with Gasteiger partial charge in [0.1, 0.15) is 5.82 Å². The molecule has 14 heavy (non-hydrogen) atoms. The van der Waals surface area contributed by atoms with Crippen LogP contribution in [0, 0.1) is 5.82 Å². The average Bonchev–Trinajstić information content (AvgIpc) is 2.51. The third-order valence-corrected chi connectivity index (χ3v) is 2.16. The van der Waals surface area contributed by atoms with Gasteiger partial charge in [0.25, 0.3) is 0 Å². The highest BCUT2D eigenvalue weighted by molar-refractivity contribution is 5.83. The minimum atomic E-state index is -0.208. The maximum atomic E-state index is 13.2. The summed E-state index contributed by atoms with van der Waals surface area (Å²) in [6, 6.07) is 5.07. The molecule has 0 amide bonds. The molecule has 2 rings (SSSR count). The monoisotopic (exact) mass is 213 g/mol. The first-order valence-electron chi connectivity index (χ1n) is 4.27. The third-order valence-electron chi connectivity index (χ3n) is 2.16. The number of hydrogen-bond acceptors (Lipinski definition) is 1. The van der Waals surface area contributed by atoms with E-state index in [1.807, 2.05) is 12.3 Å². The Morgan fingerprint density at radius 1 is 1.36 bits per heavy atom. The second-order valence-corrected chi connectivity index (χ2v) is 3.01. The lowest BCUT2D eigenvalue weighted by atomic mass is 10.1. The lowest BCUT2D eigenvalue weighted by Crippen LogP contribution is -3.00. The number of para-hydroxylation sites is 1. The largest absolute Gasteiger partial charge is 1.00 e. The van der Waals surface area contributed by atoms with Gasteiger partial charge < -0.3 is 23.1 Å². The van der Waals surface area contributed by atoms with Gasteiger partial charge in [-0.1, -0.05) is 12.1 Å². The Morgan fingerprint density at radius 2 is 2.14 bits per heavy atom. The van der Waals surface area contributed by atoms with Crippen LogP contribution < -0.4 is 18.1 Å². The number of benzene rings is 1. The van der Waals surface area contributed by atoms with Crippen LogP contribution in [-0.4, -0.2) is 11.5 Å². The molecule has 1 aromatic heterocycles. The highest BCUT2D eigenvalue weighted by atomic mass is 35.5. The summed E-state index contributed by atoms with van der Waals surface area (Å²) >= 11 is 0. The van der Waals surface area contributed by atoms with Crippen LogP contribution in [0.3, 0.4) is 0 Å². The van der Waals surface area contributed by atoms with E-state index in [1.165, 1.54) is 6.07 Å². The summed E-state index contributed by atoms with van der Waals surface area (Å²) in [5.74, 6) is -0.208. The van der Waals surface area contributed by atoms with Crippen molar-refractivity contribution < 1.29 is 16.8 Å². The van der Waals surface area contributed by atoms with E-state index in [0.717, 1.165) is 17.4 Å². The van der Waals surface area contributed by atoms with Crippen LogP contribution in [0.4, 0.5) is 4.39 Å². The van der Waals surface area contributed by atoms with Gasteiger partial charge in [0.05, 0.1) is 5.52 Å². The van der Waals surface area contributed by atoms with Crippen LogP contribution in [0.5, 0.6) is 0 Å². The van der Waals surface area contributed by atoms with E-state index in [-0.39, 0.29) is 18.2 Å². The molecule has 0 spiro atoms. The van der Waals surface area contributed by atoms with Crippen LogP contribution in [0.2, 0.25) is 0 Å². The number of nitrogens with two attached hydrogens (primary N) is 1. The normalized spacial score (nSPS) is 10.1. The number of fused-ring (bicyclic) bond motifs is 1. The molecule has 0 aliphatic heterocycles. The number of rotatable bonds is 2. The van der Waals surface area contributed by atoms with Gasteiger partial charge in [-0.25, -0.2) is 4.39 Å². The van der Waals surface area contributed by atoms with Crippen LogP contribution >= 0.6 is 0 Å². The molecular formula is C10H11ClFN2-. The molecule has 0 unspecified atom stereocenters. The highest BCUT2D eigenvalue weighted by Crippen LogP contribution is 2.20. The van der Waals surface area contributed by atoms with Crippen molar-refractivity contribution in [2.75, 3.05) is 6.54 Å². The Hall–Kier alpha value is -1.06. The molecule has 3 N–H and O–H groups in total. The summed E-state index contributed by atoms with van der Waals surface area (Å²) in [6.45, 7) is 0.587. The molecule has 0 saturated heterocycles. The number of halogens is 2. The molecule has 1 aromatic carbocycles. The minimum absolute atomic E-state index is 0.